The van der Waals surface area contributed by atoms with Crippen LogP contribution >= 0.6 is 0 Å². The van der Waals surface area contributed by atoms with Gasteiger partial charge in [0.2, 0.25) is 0 Å². The van der Waals surface area contributed by atoms with Crippen molar-refractivity contribution in [2.45, 2.75) is 40.0 Å². The Hall–Kier alpha value is -0.820. The highest BCUT2D eigenvalue weighted by molar-refractivity contribution is 5.40. The third-order valence-electron chi connectivity index (χ3n) is 4.28. The van der Waals surface area contributed by atoms with Crippen molar-refractivity contribution in [2.75, 3.05) is 13.1 Å². The van der Waals surface area contributed by atoms with Crippen LogP contribution in [0.15, 0.2) is 24.3 Å². The highest BCUT2D eigenvalue weighted by atomic mass is 14.9. The Balaban J connectivity index is 1.75. The van der Waals surface area contributed by atoms with Gasteiger partial charge < -0.3 is 5.32 Å². The lowest BCUT2D eigenvalue weighted by Gasteiger charge is -2.32. The van der Waals surface area contributed by atoms with Gasteiger partial charge in [-0.15, -0.1) is 0 Å². The zero-order valence-corrected chi connectivity index (χ0v) is 11.6. The van der Waals surface area contributed by atoms with Crippen LogP contribution in [0.2, 0.25) is 0 Å². The molecule has 2 unspecified atom stereocenters. The quantitative estimate of drug-likeness (QED) is 0.835. The van der Waals surface area contributed by atoms with Crippen molar-refractivity contribution in [2.24, 2.45) is 11.3 Å². The standard InChI is InChI=1S/C16H25N/c1-12(16(2,3)4)10-17-11-14-9-13-7-5-6-8-15(13)14/h5-8,12,14,17H,9-11H2,1-4H3. The van der Waals surface area contributed by atoms with Crippen molar-refractivity contribution in [3.63, 3.8) is 0 Å². The molecule has 0 heterocycles. The second-order valence-electron chi connectivity index (χ2n) is 6.53. The average molecular weight is 231 g/mol. The Bertz CT molecular complexity index is 375. The molecule has 1 heteroatoms. The molecule has 1 N–H and O–H groups in total. The van der Waals surface area contributed by atoms with Crippen LogP contribution in [0.25, 0.3) is 0 Å². The first kappa shape index (κ1) is 12.6. The van der Waals surface area contributed by atoms with E-state index >= 15 is 0 Å². The van der Waals surface area contributed by atoms with E-state index in [0.29, 0.717) is 5.41 Å². The molecule has 17 heavy (non-hydrogen) atoms. The summed E-state index contributed by atoms with van der Waals surface area (Å²) in [6.45, 7) is 11.6. The maximum absolute atomic E-state index is 3.63. The van der Waals surface area contributed by atoms with E-state index in [1.807, 2.05) is 0 Å². The summed E-state index contributed by atoms with van der Waals surface area (Å²) in [4.78, 5) is 0. The number of hydrogen-bond donors (Lipinski definition) is 1. The van der Waals surface area contributed by atoms with Crippen LogP contribution in [-0.4, -0.2) is 13.1 Å². The van der Waals surface area contributed by atoms with Gasteiger partial charge in [0.05, 0.1) is 0 Å². The summed E-state index contributed by atoms with van der Waals surface area (Å²) < 4.78 is 0. The van der Waals surface area contributed by atoms with Crippen LogP contribution in [-0.2, 0) is 6.42 Å². The van der Waals surface area contributed by atoms with Gasteiger partial charge in [-0.3, -0.25) is 0 Å². The summed E-state index contributed by atoms with van der Waals surface area (Å²) in [5.41, 5.74) is 3.51. The van der Waals surface area contributed by atoms with Gasteiger partial charge in [0.25, 0.3) is 0 Å². The first-order chi connectivity index (χ1) is 7.98. The van der Waals surface area contributed by atoms with E-state index in [1.54, 1.807) is 11.1 Å². The number of benzene rings is 1. The first-order valence-electron chi connectivity index (χ1n) is 6.77. The maximum Gasteiger partial charge on any atom is 0.00235 e. The Morgan fingerprint density at radius 3 is 2.65 bits per heavy atom. The molecule has 1 aromatic rings. The van der Waals surface area contributed by atoms with Crippen molar-refractivity contribution in [1.82, 2.24) is 5.32 Å². The molecular formula is C16H25N. The SMILES string of the molecule is CC(CNCC1Cc2ccccc21)C(C)(C)C. The summed E-state index contributed by atoms with van der Waals surface area (Å²) in [6, 6.07) is 8.83. The van der Waals surface area contributed by atoms with Gasteiger partial charge in [-0.05, 0) is 35.4 Å². The molecule has 2 rings (SSSR count). The lowest BCUT2D eigenvalue weighted by Crippen LogP contribution is -2.35. The highest BCUT2D eigenvalue weighted by Crippen LogP contribution is 2.34. The minimum absolute atomic E-state index is 0.407. The molecule has 1 nitrogen and oxygen atoms in total. The molecule has 0 radical (unpaired) electrons. The van der Waals surface area contributed by atoms with Crippen molar-refractivity contribution in [3.05, 3.63) is 35.4 Å². The van der Waals surface area contributed by atoms with Crippen LogP contribution in [0.4, 0.5) is 0 Å². The second-order valence-corrected chi connectivity index (χ2v) is 6.53. The summed E-state index contributed by atoms with van der Waals surface area (Å²) in [7, 11) is 0. The molecule has 1 aliphatic carbocycles. The van der Waals surface area contributed by atoms with Crippen molar-refractivity contribution >= 4 is 0 Å². The second kappa shape index (κ2) is 4.81. The van der Waals surface area contributed by atoms with Crippen LogP contribution in [0.5, 0.6) is 0 Å². The predicted octanol–water partition coefficient (Wildman–Crippen LogP) is 3.60. The van der Waals surface area contributed by atoms with Crippen LogP contribution < -0.4 is 5.32 Å². The Morgan fingerprint density at radius 2 is 2.00 bits per heavy atom. The fourth-order valence-electron chi connectivity index (χ4n) is 2.33. The summed E-state index contributed by atoms with van der Waals surface area (Å²) in [6.07, 6.45) is 1.26. The van der Waals surface area contributed by atoms with Gasteiger partial charge in [-0.25, -0.2) is 0 Å². The fourth-order valence-corrected chi connectivity index (χ4v) is 2.33. The number of rotatable bonds is 4. The smallest absolute Gasteiger partial charge is 0.00235 e. The lowest BCUT2D eigenvalue weighted by atomic mass is 9.77. The molecule has 1 aliphatic rings. The maximum atomic E-state index is 3.63. The van der Waals surface area contributed by atoms with E-state index in [0.717, 1.165) is 24.9 Å². The van der Waals surface area contributed by atoms with Gasteiger partial charge in [-0.2, -0.15) is 0 Å². The Morgan fingerprint density at radius 1 is 1.29 bits per heavy atom. The number of hydrogen-bond acceptors (Lipinski definition) is 1. The third kappa shape index (κ3) is 2.90. The minimum Gasteiger partial charge on any atom is -0.316 e. The summed E-state index contributed by atoms with van der Waals surface area (Å²) in [5, 5.41) is 3.63. The molecule has 94 valence electrons. The molecule has 0 amide bonds. The zero-order chi connectivity index (χ0) is 12.5. The molecule has 0 fully saturated rings. The third-order valence-corrected chi connectivity index (χ3v) is 4.28. The largest absolute Gasteiger partial charge is 0.316 e. The van der Waals surface area contributed by atoms with Gasteiger partial charge in [0, 0.05) is 12.5 Å². The van der Waals surface area contributed by atoms with Gasteiger partial charge >= 0.3 is 0 Å². The van der Waals surface area contributed by atoms with E-state index in [9.17, 15) is 0 Å². The topological polar surface area (TPSA) is 12.0 Å². The van der Waals surface area contributed by atoms with Crippen LogP contribution in [0, 0.1) is 11.3 Å². The number of nitrogens with one attached hydrogen (secondary N) is 1. The normalized spacial score (nSPS) is 20.6. The molecule has 0 aromatic heterocycles. The van der Waals surface area contributed by atoms with Gasteiger partial charge in [0.1, 0.15) is 0 Å². The average Bonchev–Trinajstić information content (AvgIpc) is 2.23. The summed E-state index contributed by atoms with van der Waals surface area (Å²) >= 11 is 0. The monoisotopic (exact) mass is 231 g/mol. The van der Waals surface area contributed by atoms with Crippen molar-refractivity contribution < 1.29 is 0 Å². The van der Waals surface area contributed by atoms with Gasteiger partial charge in [0.15, 0.2) is 0 Å². The molecule has 0 saturated heterocycles. The first-order valence-corrected chi connectivity index (χ1v) is 6.77. The van der Waals surface area contributed by atoms with E-state index < -0.39 is 0 Å². The highest BCUT2D eigenvalue weighted by Gasteiger charge is 2.25. The molecule has 0 saturated carbocycles. The summed E-state index contributed by atoms with van der Waals surface area (Å²) in [5.74, 6) is 1.47. The predicted molar refractivity (Wildman–Crippen MR) is 74.4 cm³/mol. The Kier molecular flexibility index (Phi) is 3.58. The van der Waals surface area contributed by atoms with E-state index in [2.05, 4.69) is 57.3 Å². The Labute approximate surface area is 106 Å². The molecule has 1 aromatic carbocycles. The lowest BCUT2D eigenvalue weighted by molar-refractivity contribution is 0.251. The van der Waals surface area contributed by atoms with E-state index in [1.165, 1.54) is 6.42 Å². The number of fused-ring (bicyclic) bond motifs is 1. The molecule has 0 aliphatic heterocycles. The van der Waals surface area contributed by atoms with Crippen molar-refractivity contribution in [1.29, 1.82) is 0 Å². The van der Waals surface area contributed by atoms with E-state index in [-0.39, 0.29) is 0 Å². The molecule has 0 spiro atoms. The van der Waals surface area contributed by atoms with Crippen molar-refractivity contribution in [3.8, 4) is 0 Å². The minimum atomic E-state index is 0.407. The van der Waals surface area contributed by atoms with Crippen LogP contribution in [0.3, 0.4) is 0 Å². The molecule has 0 bridgehead atoms. The zero-order valence-electron chi connectivity index (χ0n) is 11.6. The van der Waals surface area contributed by atoms with Gasteiger partial charge in [-0.1, -0.05) is 52.0 Å². The molecular weight excluding hydrogens is 206 g/mol. The molecule has 2 atom stereocenters. The van der Waals surface area contributed by atoms with Crippen LogP contribution in [0.1, 0.15) is 44.7 Å². The van der Waals surface area contributed by atoms with E-state index in [4.69, 9.17) is 0 Å². The fraction of sp³-hybridized carbons (Fsp3) is 0.625.